The van der Waals surface area contributed by atoms with Crippen molar-refractivity contribution in [1.82, 2.24) is 0 Å². The number of aliphatic hydroxyl groups excluding tert-OH is 1. The lowest BCUT2D eigenvalue weighted by molar-refractivity contribution is 0.145. The summed E-state index contributed by atoms with van der Waals surface area (Å²) in [5.74, 6) is 0.876. The molecule has 3 nitrogen and oxygen atoms in total. The van der Waals surface area contributed by atoms with E-state index in [9.17, 15) is 13.5 Å². The van der Waals surface area contributed by atoms with Crippen molar-refractivity contribution in [2.24, 2.45) is 5.92 Å². The first-order valence-electron chi connectivity index (χ1n) is 5.49. The summed E-state index contributed by atoms with van der Waals surface area (Å²) in [6.07, 6.45) is 4.82. The minimum Gasteiger partial charge on any atom is -0.392 e. The van der Waals surface area contributed by atoms with E-state index >= 15 is 0 Å². The van der Waals surface area contributed by atoms with E-state index in [1.807, 2.05) is 0 Å². The van der Waals surface area contributed by atoms with Crippen LogP contribution in [0.4, 0.5) is 0 Å². The molecule has 0 aromatic rings. The summed E-state index contributed by atoms with van der Waals surface area (Å²) in [6, 6.07) is 0. The van der Waals surface area contributed by atoms with Gasteiger partial charge in [0, 0.05) is 0 Å². The molecule has 2 aliphatic rings. The lowest BCUT2D eigenvalue weighted by atomic mass is 10.0. The van der Waals surface area contributed by atoms with Gasteiger partial charge in [-0.3, -0.25) is 0 Å². The molecule has 1 aliphatic carbocycles. The molecule has 82 valence electrons. The number of sulfone groups is 1. The Bertz CT molecular complexity index is 292. The van der Waals surface area contributed by atoms with Crippen LogP contribution in [0.1, 0.15) is 38.5 Å². The molecule has 1 saturated heterocycles. The van der Waals surface area contributed by atoms with E-state index in [2.05, 4.69) is 0 Å². The predicted octanol–water partition coefficient (Wildman–Crippen LogP) is 1.11. The van der Waals surface area contributed by atoms with Crippen LogP contribution in [-0.2, 0) is 9.84 Å². The number of hydrogen-bond acceptors (Lipinski definition) is 3. The Morgan fingerprint density at radius 3 is 2.50 bits per heavy atom. The molecule has 1 heterocycles. The van der Waals surface area contributed by atoms with Gasteiger partial charge in [0.15, 0.2) is 9.84 Å². The quantitative estimate of drug-likeness (QED) is 0.772. The molecule has 0 bridgehead atoms. The number of aliphatic hydroxyl groups is 1. The second-order valence-electron chi connectivity index (χ2n) is 4.65. The zero-order valence-corrected chi connectivity index (χ0v) is 9.17. The lowest BCUT2D eigenvalue weighted by Crippen LogP contribution is -2.38. The number of rotatable bonds is 3. The van der Waals surface area contributed by atoms with Crippen molar-refractivity contribution in [3.05, 3.63) is 0 Å². The van der Waals surface area contributed by atoms with Crippen LogP contribution in [0.5, 0.6) is 0 Å². The van der Waals surface area contributed by atoms with Crippen LogP contribution in [0.15, 0.2) is 0 Å². The van der Waals surface area contributed by atoms with Crippen LogP contribution in [0.2, 0.25) is 0 Å². The van der Waals surface area contributed by atoms with E-state index in [-0.39, 0.29) is 5.75 Å². The van der Waals surface area contributed by atoms with E-state index in [1.54, 1.807) is 0 Å². The highest BCUT2D eigenvalue weighted by atomic mass is 32.2. The molecule has 1 aliphatic heterocycles. The molecule has 0 spiro atoms. The summed E-state index contributed by atoms with van der Waals surface area (Å²) in [5, 5.41) is 9.38. The first kappa shape index (κ1) is 10.4. The van der Waals surface area contributed by atoms with Gasteiger partial charge in [-0.25, -0.2) is 8.42 Å². The smallest absolute Gasteiger partial charge is 0.155 e. The van der Waals surface area contributed by atoms with Crippen molar-refractivity contribution in [3.8, 4) is 0 Å². The highest BCUT2D eigenvalue weighted by molar-refractivity contribution is 7.92. The molecule has 0 aromatic heterocycles. The summed E-state index contributed by atoms with van der Waals surface area (Å²) < 4.78 is 23.3. The Balaban J connectivity index is 1.98. The molecule has 2 fully saturated rings. The molecule has 2 unspecified atom stereocenters. The van der Waals surface area contributed by atoms with Crippen LogP contribution in [0.25, 0.3) is 0 Å². The summed E-state index contributed by atoms with van der Waals surface area (Å²) in [6.45, 7) is 0. The average Bonchev–Trinajstić information content (AvgIpc) is 2.87. The van der Waals surface area contributed by atoms with E-state index in [0.29, 0.717) is 18.8 Å². The van der Waals surface area contributed by atoms with E-state index in [0.717, 1.165) is 12.8 Å². The van der Waals surface area contributed by atoms with Crippen molar-refractivity contribution in [2.75, 3.05) is 5.75 Å². The van der Waals surface area contributed by atoms with Crippen molar-refractivity contribution in [2.45, 2.75) is 49.9 Å². The maximum atomic E-state index is 11.7. The van der Waals surface area contributed by atoms with Crippen molar-refractivity contribution in [1.29, 1.82) is 0 Å². The first-order chi connectivity index (χ1) is 6.59. The summed E-state index contributed by atoms with van der Waals surface area (Å²) in [4.78, 5) is 0. The third-order valence-corrected chi connectivity index (χ3v) is 5.66. The monoisotopic (exact) mass is 218 g/mol. The molecular weight excluding hydrogens is 200 g/mol. The predicted molar refractivity (Wildman–Crippen MR) is 54.8 cm³/mol. The van der Waals surface area contributed by atoms with E-state index in [1.165, 1.54) is 12.8 Å². The zero-order valence-electron chi connectivity index (χ0n) is 8.35. The Labute approximate surface area is 85.4 Å². The summed E-state index contributed by atoms with van der Waals surface area (Å²) in [5.41, 5.74) is 0. The third-order valence-electron chi connectivity index (χ3n) is 3.33. The molecule has 4 heteroatoms. The van der Waals surface area contributed by atoms with Gasteiger partial charge in [-0.1, -0.05) is 19.3 Å². The normalized spacial score (nSPS) is 33.9. The number of hydrogen-bond donors (Lipinski definition) is 1. The van der Waals surface area contributed by atoms with Crippen molar-refractivity contribution in [3.63, 3.8) is 0 Å². The molecule has 0 aromatic carbocycles. The first-order valence-corrected chi connectivity index (χ1v) is 7.21. The van der Waals surface area contributed by atoms with Crippen molar-refractivity contribution < 1.29 is 13.5 Å². The molecule has 0 radical (unpaired) electrons. The fourth-order valence-electron chi connectivity index (χ4n) is 2.26. The highest BCUT2D eigenvalue weighted by Crippen LogP contribution is 2.36. The third kappa shape index (κ3) is 2.28. The topological polar surface area (TPSA) is 54.4 Å². The minimum atomic E-state index is -2.99. The van der Waals surface area contributed by atoms with Gasteiger partial charge in [-0.15, -0.1) is 0 Å². The van der Waals surface area contributed by atoms with Gasteiger partial charge in [0.2, 0.25) is 0 Å². The van der Waals surface area contributed by atoms with Crippen LogP contribution in [-0.4, -0.2) is 30.6 Å². The molecular formula is C10H18O3S. The molecule has 1 N–H and O–H groups in total. The second kappa shape index (κ2) is 3.81. The minimum absolute atomic E-state index is 0.277. The van der Waals surface area contributed by atoms with Crippen LogP contribution in [0.3, 0.4) is 0 Å². The van der Waals surface area contributed by atoms with Gasteiger partial charge in [0.05, 0.1) is 17.1 Å². The Hall–Kier alpha value is -0.0900. The Morgan fingerprint density at radius 2 is 1.93 bits per heavy atom. The van der Waals surface area contributed by atoms with E-state index < -0.39 is 21.2 Å². The summed E-state index contributed by atoms with van der Waals surface area (Å²) >= 11 is 0. The summed E-state index contributed by atoms with van der Waals surface area (Å²) in [7, 11) is -2.99. The van der Waals surface area contributed by atoms with Gasteiger partial charge < -0.3 is 5.11 Å². The van der Waals surface area contributed by atoms with Crippen molar-refractivity contribution >= 4 is 9.84 Å². The molecule has 1 saturated carbocycles. The molecule has 0 amide bonds. The van der Waals surface area contributed by atoms with Gasteiger partial charge in [-0.05, 0) is 25.2 Å². The fourth-order valence-corrected chi connectivity index (χ4v) is 4.28. The largest absolute Gasteiger partial charge is 0.392 e. The standard InChI is InChI=1S/C10H18O3S/c11-9(7-8-4-5-8)10-3-1-2-6-14(10,12)13/h8-11H,1-7H2. The lowest BCUT2D eigenvalue weighted by Gasteiger charge is -2.26. The van der Waals surface area contributed by atoms with Gasteiger partial charge >= 0.3 is 0 Å². The van der Waals surface area contributed by atoms with E-state index in [4.69, 9.17) is 0 Å². The van der Waals surface area contributed by atoms with Gasteiger partial charge in [0.25, 0.3) is 0 Å². The van der Waals surface area contributed by atoms with Crippen LogP contribution >= 0.6 is 0 Å². The van der Waals surface area contributed by atoms with Gasteiger partial charge in [0.1, 0.15) is 0 Å². The molecule has 14 heavy (non-hydrogen) atoms. The maximum Gasteiger partial charge on any atom is 0.155 e. The van der Waals surface area contributed by atoms with Crippen LogP contribution < -0.4 is 0 Å². The molecule has 2 atom stereocenters. The van der Waals surface area contributed by atoms with Gasteiger partial charge in [-0.2, -0.15) is 0 Å². The fraction of sp³-hybridized carbons (Fsp3) is 1.00. The van der Waals surface area contributed by atoms with Crippen LogP contribution in [0, 0.1) is 5.92 Å². The zero-order chi connectivity index (χ0) is 10.2. The maximum absolute atomic E-state index is 11.7. The Kier molecular flexibility index (Phi) is 2.84. The Morgan fingerprint density at radius 1 is 1.21 bits per heavy atom. The SMILES string of the molecule is O=S1(=O)CCCCC1C(O)CC1CC1. The highest BCUT2D eigenvalue weighted by Gasteiger charge is 2.37. The average molecular weight is 218 g/mol. The second-order valence-corrected chi connectivity index (χ2v) is 6.99. The molecule has 2 rings (SSSR count).